The van der Waals surface area contributed by atoms with Crippen molar-refractivity contribution in [2.75, 3.05) is 7.11 Å². The molecule has 0 aromatic rings. The summed E-state index contributed by atoms with van der Waals surface area (Å²) >= 11 is 0. The molecule has 0 spiro atoms. The van der Waals surface area contributed by atoms with Crippen molar-refractivity contribution >= 4 is 0 Å². The molecule has 0 amide bonds. The van der Waals surface area contributed by atoms with Crippen LogP contribution in [-0.4, -0.2) is 13.2 Å². The zero-order valence-corrected chi connectivity index (χ0v) is 12.3. The first-order valence-electron chi connectivity index (χ1n) is 7.55. The maximum Gasteiger partial charge on any atom is 0.0574 e. The molecule has 0 aromatic heterocycles. The van der Waals surface area contributed by atoms with E-state index in [-0.39, 0.29) is 0 Å². The Kier molecular flexibility index (Phi) is 8.08. The minimum absolute atomic E-state index is 0.519. The fourth-order valence-electron chi connectivity index (χ4n) is 2.83. The smallest absolute Gasteiger partial charge is 0.0574 e. The zero-order valence-electron chi connectivity index (χ0n) is 12.3. The third-order valence-corrected chi connectivity index (χ3v) is 4.10. The lowest BCUT2D eigenvalue weighted by atomic mass is 9.84. The van der Waals surface area contributed by atoms with Crippen molar-refractivity contribution in [1.82, 2.24) is 0 Å². The van der Waals surface area contributed by atoms with Gasteiger partial charge in [0.15, 0.2) is 0 Å². The Bertz CT molecular complexity index is 254. The summed E-state index contributed by atoms with van der Waals surface area (Å²) in [5.74, 6) is 0.854. The fraction of sp³-hybridized carbons (Fsp3) is 0.765. The highest BCUT2D eigenvalue weighted by atomic mass is 16.5. The van der Waals surface area contributed by atoms with Crippen LogP contribution >= 0.6 is 0 Å². The van der Waals surface area contributed by atoms with Gasteiger partial charge in [-0.3, -0.25) is 0 Å². The molecular formula is C17H30O. The van der Waals surface area contributed by atoms with Gasteiger partial charge in [0.25, 0.3) is 0 Å². The molecule has 2 unspecified atom stereocenters. The van der Waals surface area contributed by atoms with Crippen LogP contribution in [0.5, 0.6) is 0 Å². The summed E-state index contributed by atoms with van der Waals surface area (Å²) < 4.78 is 5.49. The molecular weight excluding hydrogens is 220 g/mol. The average molecular weight is 250 g/mol. The Morgan fingerprint density at radius 2 is 2.17 bits per heavy atom. The van der Waals surface area contributed by atoms with Crippen LogP contribution < -0.4 is 0 Å². The van der Waals surface area contributed by atoms with Gasteiger partial charge in [0.1, 0.15) is 0 Å². The lowest BCUT2D eigenvalue weighted by Crippen LogP contribution is -2.21. The van der Waals surface area contributed by atoms with E-state index in [1.165, 1.54) is 51.4 Å². The largest absolute Gasteiger partial charge is 0.381 e. The van der Waals surface area contributed by atoms with Gasteiger partial charge in [-0.2, -0.15) is 0 Å². The van der Waals surface area contributed by atoms with E-state index in [1.807, 2.05) is 13.2 Å². The van der Waals surface area contributed by atoms with Gasteiger partial charge in [-0.15, -0.1) is 6.58 Å². The van der Waals surface area contributed by atoms with E-state index in [0.717, 1.165) is 12.3 Å². The molecule has 1 saturated carbocycles. The fourth-order valence-corrected chi connectivity index (χ4v) is 2.83. The topological polar surface area (TPSA) is 9.23 Å². The molecule has 104 valence electrons. The maximum absolute atomic E-state index is 5.49. The summed E-state index contributed by atoms with van der Waals surface area (Å²) in [5.41, 5.74) is 1.57. The zero-order chi connectivity index (χ0) is 13.2. The van der Waals surface area contributed by atoms with Gasteiger partial charge in [-0.1, -0.05) is 24.1 Å². The Balaban J connectivity index is 2.18. The van der Waals surface area contributed by atoms with Crippen LogP contribution in [-0.2, 0) is 4.74 Å². The Morgan fingerprint density at radius 3 is 2.89 bits per heavy atom. The SMILES string of the molecule is C=CCCCC/C(C)=C/CC1CCCC(OC)C1. The molecule has 0 aliphatic heterocycles. The summed E-state index contributed by atoms with van der Waals surface area (Å²) in [6, 6.07) is 0. The Hall–Kier alpha value is -0.560. The van der Waals surface area contributed by atoms with Gasteiger partial charge in [0.05, 0.1) is 6.10 Å². The summed E-state index contributed by atoms with van der Waals surface area (Å²) in [6.45, 7) is 6.05. The molecule has 18 heavy (non-hydrogen) atoms. The third-order valence-electron chi connectivity index (χ3n) is 4.10. The third kappa shape index (κ3) is 6.39. The first-order valence-corrected chi connectivity index (χ1v) is 7.55. The van der Waals surface area contributed by atoms with E-state index in [2.05, 4.69) is 19.6 Å². The highest BCUT2D eigenvalue weighted by Crippen LogP contribution is 2.29. The molecule has 0 heterocycles. The van der Waals surface area contributed by atoms with E-state index in [0.29, 0.717) is 6.10 Å². The lowest BCUT2D eigenvalue weighted by Gasteiger charge is -2.27. The van der Waals surface area contributed by atoms with Crippen LogP contribution in [0.2, 0.25) is 0 Å². The van der Waals surface area contributed by atoms with E-state index in [9.17, 15) is 0 Å². The molecule has 1 rings (SSSR count). The number of allylic oxidation sites excluding steroid dienone is 3. The highest BCUT2D eigenvalue weighted by molar-refractivity contribution is 4.99. The minimum Gasteiger partial charge on any atom is -0.381 e. The molecule has 0 aromatic carbocycles. The standard InChI is InChI=1S/C17H30O/c1-4-5-6-7-9-15(2)12-13-16-10-8-11-17(14-16)18-3/h4,12,16-17H,1,5-11,13-14H2,2-3H3/b15-12+. The van der Waals surface area contributed by atoms with Gasteiger partial charge in [-0.05, 0) is 64.2 Å². The van der Waals surface area contributed by atoms with Gasteiger partial charge in [0.2, 0.25) is 0 Å². The summed E-state index contributed by atoms with van der Waals surface area (Å²) in [5, 5.41) is 0. The van der Waals surface area contributed by atoms with Crippen molar-refractivity contribution in [2.24, 2.45) is 5.92 Å². The molecule has 0 bridgehead atoms. The second-order valence-electron chi connectivity index (χ2n) is 5.71. The van der Waals surface area contributed by atoms with Crippen LogP contribution in [0.15, 0.2) is 24.3 Å². The van der Waals surface area contributed by atoms with E-state index in [4.69, 9.17) is 4.74 Å². The Labute approximate surface area is 113 Å². The second-order valence-corrected chi connectivity index (χ2v) is 5.71. The van der Waals surface area contributed by atoms with E-state index in [1.54, 1.807) is 5.57 Å². The molecule has 1 fully saturated rings. The van der Waals surface area contributed by atoms with Crippen LogP contribution in [0, 0.1) is 5.92 Å². The predicted octanol–water partition coefficient (Wildman–Crippen LogP) is 5.27. The number of unbranched alkanes of at least 4 members (excludes halogenated alkanes) is 2. The van der Waals surface area contributed by atoms with Crippen LogP contribution in [0.4, 0.5) is 0 Å². The first kappa shape index (κ1) is 15.5. The number of rotatable bonds is 8. The van der Waals surface area contributed by atoms with Crippen molar-refractivity contribution in [3.05, 3.63) is 24.3 Å². The quantitative estimate of drug-likeness (QED) is 0.421. The average Bonchev–Trinajstić information content (AvgIpc) is 2.41. The van der Waals surface area contributed by atoms with Crippen LogP contribution in [0.25, 0.3) is 0 Å². The van der Waals surface area contributed by atoms with Crippen molar-refractivity contribution in [3.63, 3.8) is 0 Å². The van der Waals surface area contributed by atoms with Gasteiger partial charge < -0.3 is 4.74 Å². The van der Waals surface area contributed by atoms with Gasteiger partial charge in [0, 0.05) is 7.11 Å². The molecule has 1 aliphatic rings. The normalized spacial score (nSPS) is 25.1. The second kappa shape index (κ2) is 9.38. The van der Waals surface area contributed by atoms with Gasteiger partial charge >= 0.3 is 0 Å². The summed E-state index contributed by atoms with van der Waals surface area (Å²) in [6.07, 6.45) is 16.5. The summed E-state index contributed by atoms with van der Waals surface area (Å²) in [7, 11) is 1.85. The summed E-state index contributed by atoms with van der Waals surface area (Å²) in [4.78, 5) is 0. The lowest BCUT2D eigenvalue weighted by molar-refractivity contribution is 0.0513. The van der Waals surface area contributed by atoms with Crippen molar-refractivity contribution in [1.29, 1.82) is 0 Å². The molecule has 1 nitrogen and oxygen atoms in total. The molecule has 0 saturated heterocycles. The molecule has 0 N–H and O–H groups in total. The Morgan fingerprint density at radius 1 is 1.33 bits per heavy atom. The number of methoxy groups -OCH3 is 1. The number of ether oxygens (including phenoxy) is 1. The first-order chi connectivity index (χ1) is 8.76. The highest BCUT2D eigenvalue weighted by Gasteiger charge is 2.20. The molecule has 0 radical (unpaired) electrons. The van der Waals surface area contributed by atoms with Crippen LogP contribution in [0.3, 0.4) is 0 Å². The van der Waals surface area contributed by atoms with E-state index >= 15 is 0 Å². The van der Waals surface area contributed by atoms with Crippen molar-refractivity contribution in [2.45, 2.75) is 70.8 Å². The molecule has 2 atom stereocenters. The maximum atomic E-state index is 5.49. The predicted molar refractivity (Wildman–Crippen MR) is 79.8 cm³/mol. The molecule has 1 heteroatoms. The van der Waals surface area contributed by atoms with Gasteiger partial charge in [-0.25, -0.2) is 0 Å². The molecule has 1 aliphatic carbocycles. The van der Waals surface area contributed by atoms with E-state index < -0.39 is 0 Å². The number of hydrogen-bond donors (Lipinski definition) is 0. The minimum atomic E-state index is 0.519. The monoisotopic (exact) mass is 250 g/mol. The van der Waals surface area contributed by atoms with Crippen LogP contribution in [0.1, 0.15) is 64.7 Å². The van der Waals surface area contributed by atoms with Crippen molar-refractivity contribution < 1.29 is 4.74 Å². The number of hydrogen-bond acceptors (Lipinski definition) is 1. The van der Waals surface area contributed by atoms with Crippen molar-refractivity contribution in [3.8, 4) is 0 Å².